The van der Waals surface area contributed by atoms with Crippen molar-refractivity contribution in [2.75, 3.05) is 5.32 Å². The Kier molecular flexibility index (Phi) is 11.2. The van der Waals surface area contributed by atoms with Crippen LogP contribution in [0.3, 0.4) is 0 Å². The van der Waals surface area contributed by atoms with E-state index in [4.69, 9.17) is 0 Å². The summed E-state index contributed by atoms with van der Waals surface area (Å²) in [5.41, 5.74) is 8.42. The molecule has 1 amide bonds. The molecule has 0 heterocycles. The molecule has 5 heteroatoms. The Labute approximate surface area is 250 Å². The predicted molar refractivity (Wildman–Crippen MR) is 163 cm³/mol. The van der Waals surface area contributed by atoms with Crippen LogP contribution < -0.4 is 5.32 Å². The number of allylic oxidation sites excluding steroid dienone is 4. The molecule has 0 saturated heterocycles. The van der Waals surface area contributed by atoms with E-state index < -0.39 is 0 Å². The Balaban J connectivity index is 0.000000333. The van der Waals surface area contributed by atoms with Gasteiger partial charge in [-0.05, 0) is 28.5 Å². The number of rotatable bonds is 3. The van der Waals surface area contributed by atoms with E-state index in [1.807, 2.05) is 97.1 Å². The van der Waals surface area contributed by atoms with E-state index >= 15 is 0 Å². The van der Waals surface area contributed by atoms with Crippen LogP contribution in [0.15, 0.2) is 118 Å². The van der Waals surface area contributed by atoms with Crippen molar-refractivity contribution in [1.29, 1.82) is 0 Å². The molecule has 0 unspecified atom stereocenters. The minimum Gasteiger partial charge on any atom is -0.321 e. The van der Waals surface area contributed by atoms with Gasteiger partial charge >= 0.3 is 81.1 Å². The van der Waals surface area contributed by atoms with Gasteiger partial charge in [-0.15, -0.1) is 24.8 Å². The molecule has 38 heavy (non-hydrogen) atoms. The van der Waals surface area contributed by atoms with Crippen molar-refractivity contribution in [2.24, 2.45) is 5.41 Å². The second kappa shape index (κ2) is 13.4. The van der Waals surface area contributed by atoms with Gasteiger partial charge in [-0.25, -0.2) is 0 Å². The number of para-hydroxylation sites is 1. The number of nitrogens with one attached hydrogen (secondary N) is 1. The van der Waals surface area contributed by atoms with Gasteiger partial charge in [0.1, 0.15) is 0 Å². The quantitative estimate of drug-likeness (QED) is 0.241. The number of halogens is 2. The Morgan fingerprint density at radius 3 is 1.89 bits per heavy atom. The van der Waals surface area contributed by atoms with E-state index in [1.54, 1.807) is 0 Å². The molecular weight excluding hydrogens is 545 g/mol. The van der Waals surface area contributed by atoms with Crippen LogP contribution in [0.5, 0.6) is 0 Å². The van der Waals surface area contributed by atoms with Crippen molar-refractivity contribution in [3.8, 4) is 11.1 Å². The number of hydrogen-bond acceptors (Lipinski definition) is 1. The molecule has 0 fully saturated rings. The molecule has 0 atom stereocenters. The molecule has 0 spiro atoms. The molecule has 1 aliphatic rings. The van der Waals surface area contributed by atoms with Gasteiger partial charge in [-0.2, -0.15) is 0 Å². The first kappa shape index (κ1) is 31.6. The van der Waals surface area contributed by atoms with Crippen LogP contribution in [0.1, 0.15) is 45.0 Å². The Bertz CT molecular complexity index is 1460. The normalized spacial score (nSPS) is 13.7. The van der Waals surface area contributed by atoms with Crippen molar-refractivity contribution in [3.05, 3.63) is 123 Å². The van der Waals surface area contributed by atoms with Crippen LogP contribution in [0.4, 0.5) is 5.69 Å². The standard InChI is InChI=1S/C23H17NO.C10H15.2ClH.Ti/c25-23(21-15-8-12-17-11-4-5-13-19(17)21)24-22-16-7-6-14-20(22)18-9-2-1-3-10-18;1-7-6-10(4,5)9(3)8(7)2;;;/h1-16H,(H,24,25);1-5H3;2*1H;. The van der Waals surface area contributed by atoms with Crippen molar-refractivity contribution < 1.29 is 25.2 Å². The summed E-state index contributed by atoms with van der Waals surface area (Å²) in [6, 6.07) is 31.7. The summed E-state index contributed by atoms with van der Waals surface area (Å²) in [7, 11) is 0. The second-order valence-corrected chi connectivity index (χ2v) is 10.5. The van der Waals surface area contributed by atoms with Crippen LogP contribution in [-0.2, 0) is 20.4 Å². The fourth-order valence-electron chi connectivity index (χ4n) is 4.67. The van der Waals surface area contributed by atoms with E-state index in [1.165, 1.54) is 20.6 Å². The third kappa shape index (κ3) is 6.50. The molecule has 0 aliphatic heterocycles. The van der Waals surface area contributed by atoms with Gasteiger partial charge in [0.25, 0.3) is 5.91 Å². The van der Waals surface area contributed by atoms with Crippen molar-refractivity contribution in [1.82, 2.24) is 0 Å². The van der Waals surface area contributed by atoms with Gasteiger partial charge < -0.3 is 5.32 Å². The van der Waals surface area contributed by atoms with Gasteiger partial charge in [0.15, 0.2) is 0 Å². The van der Waals surface area contributed by atoms with Gasteiger partial charge in [0, 0.05) is 16.8 Å². The van der Waals surface area contributed by atoms with Gasteiger partial charge in [-0.3, -0.25) is 4.79 Å². The molecule has 195 valence electrons. The smallest absolute Gasteiger partial charge is 0.256 e. The van der Waals surface area contributed by atoms with Crippen LogP contribution >= 0.6 is 24.8 Å². The monoisotopic (exact) mass is 578 g/mol. The van der Waals surface area contributed by atoms with Gasteiger partial charge in [-0.1, -0.05) is 84.9 Å². The van der Waals surface area contributed by atoms with Crippen molar-refractivity contribution in [3.63, 3.8) is 0 Å². The van der Waals surface area contributed by atoms with Crippen molar-refractivity contribution in [2.45, 2.75) is 34.6 Å². The van der Waals surface area contributed by atoms with E-state index in [0.717, 1.165) is 27.6 Å². The first-order valence-corrected chi connectivity index (χ1v) is 13.0. The molecule has 1 N–H and O–H groups in total. The fraction of sp³-hybridized carbons (Fsp3) is 0.182. The van der Waals surface area contributed by atoms with Crippen LogP contribution in [0, 0.1) is 5.41 Å². The van der Waals surface area contributed by atoms with E-state index in [0.29, 0.717) is 11.0 Å². The third-order valence-electron chi connectivity index (χ3n) is 7.36. The number of hydrogen-bond donors (Lipinski definition) is 1. The summed E-state index contributed by atoms with van der Waals surface area (Å²) in [4.78, 5) is 12.9. The summed E-state index contributed by atoms with van der Waals surface area (Å²) in [6.07, 6.45) is 0. The average Bonchev–Trinajstić information content (AvgIpc) is 3.04. The average molecular weight is 579 g/mol. The molecule has 0 saturated carbocycles. The molecule has 0 bridgehead atoms. The van der Waals surface area contributed by atoms with Crippen LogP contribution in [-0.4, -0.2) is 5.91 Å². The van der Waals surface area contributed by atoms with E-state index in [9.17, 15) is 4.79 Å². The number of benzene rings is 4. The molecule has 0 aromatic heterocycles. The molecule has 5 rings (SSSR count). The number of carbonyl (C=O) groups excluding carboxylic acids is 1. The van der Waals surface area contributed by atoms with Crippen molar-refractivity contribution >= 4 is 47.2 Å². The third-order valence-corrected chi connectivity index (χ3v) is 8.92. The van der Waals surface area contributed by atoms with Crippen LogP contribution in [0.25, 0.3) is 21.9 Å². The fourth-order valence-corrected chi connectivity index (χ4v) is 5.25. The first-order valence-electron chi connectivity index (χ1n) is 12.3. The van der Waals surface area contributed by atoms with E-state index in [-0.39, 0.29) is 30.7 Å². The maximum absolute atomic E-state index is 12.9. The van der Waals surface area contributed by atoms with Crippen LogP contribution in [0.2, 0.25) is 0 Å². The number of fused-ring (bicyclic) bond motifs is 1. The molecule has 2 nitrogen and oxygen atoms in total. The first-order chi connectivity index (χ1) is 17.2. The summed E-state index contributed by atoms with van der Waals surface area (Å²) >= 11 is 2.25. The number of amides is 1. The maximum atomic E-state index is 12.9. The Morgan fingerprint density at radius 2 is 1.29 bits per heavy atom. The minimum absolute atomic E-state index is 0. The van der Waals surface area contributed by atoms with E-state index in [2.05, 4.69) is 60.4 Å². The Hall–Kier alpha value is -2.62. The SMILES string of the molecule is CC1=C(C)C(C)(C)[C]([Ti])=C1C.Cl.Cl.O=C(Nc1ccccc1-c1ccccc1)c1cccc2ccccc12. The largest absolute Gasteiger partial charge is 0.321 e. The van der Waals surface area contributed by atoms with Gasteiger partial charge in [0.2, 0.25) is 0 Å². The zero-order valence-electron chi connectivity index (χ0n) is 22.5. The molecule has 4 aromatic rings. The molecular formula is C33H34Cl2NOTi. The zero-order chi connectivity index (χ0) is 25.9. The number of anilines is 1. The maximum Gasteiger partial charge on any atom is 0.256 e. The molecule has 0 radical (unpaired) electrons. The topological polar surface area (TPSA) is 29.1 Å². The summed E-state index contributed by atoms with van der Waals surface area (Å²) in [6.45, 7) is 11.3. The Morgan fingerprint density at radius 1 is 0.711 bits per heavy atom. The summed E-state index contributed by atoms with van der Waals surface area (Å²) < 4.78 is 1.53. The predicted octanol–water partition coefficient (Wildman–Crippen LogP) is 9.79. The number of carbonyl (C=O) groups is 1. The summed E-state index contributed by atoms with van der Waals surface area (Å²) in [5.74, 6) is -0.0971. The summed E-state index contributed by atoms with van der Waals surface area (Å²) in [5, 5.41) is 5.10. The van der Waals surface area contributed by atoms with Gasteiger partial charge in [0.05, 0.1) is 0 Å². The molecule has 4 aromatic carbocycles. The zero-order valence-corrected chi connectivity index (χ0v) is 25.7. The minimum atomic E-state index is -0.0971. The molecule has 1 aliphatic carbocycles. The second-order valence-electron chi connectivity index (χ2n) is 9.77.